The van der Waals surface area contributed by atoms with Gasteiger partial charge in [-0.1, -0.05) is 112 Å². The molecule has 0 radical (unpaired) electrons. The molecule has 0 bridgehead atoms. The molecule has 1 aliphatic heterocycles. The Morgan fingerprint density at radius 3 is 2.16 bits per heavy atom. The van der Waals surface area contributed by atoms with Gasteiger partial charge in [-0.3, -0.25) is 4.99 Å². The third-order valence-electron chi connectivity index (χ3n) is 6.24. The summed E-state index contributed by atoms with van der Waals surface area (Å²) in [6.45, 7) is 2.68. The third kappa shape index (κ3) is 8.63. The van der Waals surface area contributed by atoms with E-state index >= 15 is 0 Å². The van der Waals surface area contributed by atoms with Gasteiger partial charge in [0.2, 0.25) is 0 Å². The molecule has 2 N–H and O–H groups in total. The predicted octanol–water partition coefficient (Wildman–Crippen LogP) is 7.01. The number of nitrogens with one attached hydrogen (secondary N) is 1. The molecule has 0 spiro atoms. The maximum absolute atomic E-state index is 11.2. The molecule has 1 aliphatic rings. The first kappa shape index (κ1) is 24.3. The lowest BCUT2D eigenvalue weighted by Crippen LogP contribution is -2.43. The van der Waals surface area contributed by atoms with Gasteiger partial charge in [-0.05, 0) is 37.3 Å². The molecule has 3 heteroatoms. The number of hydrogen-bond acceptors (Lipinski definition) is 3. The molecule has 0 amide bonds. The number of rotatable bonds is 5. The van der Waals surface area contributed by atoms with Gasteiger partial charge in [0.1, 0.15) is 0 Å². The third-order valence-corrected chi connectivity index (χ3v) is 6.24. The minimum absolute atomic E-state index is 0.851. The molecule has 32 heavy (non-hydrogen) atoms. The molecule has 2 aromatic rings. The number of amidine groups is 1. The fourth-order valence-corrected chi connectivity index (χ4v) is 4.25. The monoisotopic (exact) mass is 432 g/mol. The Morgan fingerprint density at radius 1 is 0.844 bits per heavy atom. The Morgan fingerprint density at radius 2 is 1.47 bits per heavy atom. The van der Waals surface area contributed by atoms with Crippen molar-refractivity contribution in [3.8, 4) is 0 Å². The molecule has 0 saturated carbocycles. The molecule has 2 aromatic carbocycles. The number of aliphatic hydroxyl groups is 1. The Hall–Kier alpha value is -2.39. The van der Waals surface area contributed by atoms with E-state index in [1.807, 2.05) is 25.1 Å². The first-order valence-corrected chi connectivity index (χ1v) is 12.5. The van der Waals surface area contributed by atoms with Crippen molar-refractivity contribution >= 4 is 11.9 Å². The van der Waals surface area contributed by atoms with Crippen molar-refractivity contribution < 1.29 is 5.11 Å². The number of allylic oxidation sites excluding steroid dienone is 1. The highest BCUT2D eigenvalue weighted by molar-refractivity contribution is 5.82. The molecular formula is C29H40N2O. The van der Waals surface area contributed by atoms with Gasteiger partial charge >= 0.3 is 0 Å². The average molecular weight is 433 g/mol. The van der Waals surface area contributed by atoms with E-state index in [1.54, 1.807) is 0 Å². The second-order valence-corrected chi connectivity index (χ2v) is 9.17. The summed E-state index contributed by atoms with van der Waals surface area (Å²) in [4.78, 5) is 4.82. The van der Waals surface area contributed by atoms with Crippen LogP contribution in [0.15, 0.2) is 65.7 Å². The lowest BCUT2D eigenvalue weighted by Gasteiger charge is -2.27. The van der Waals surface area contributed by atoms with Crippen molar-refractivity contribution in [2.75, 3.05) is 6.54 Å². The molecule has 172 valence electrons. The molecule has 0 saturated heterocycles. The standard InChI is InChI=1S/C29H40N2O/c1-29(32,31-28-19-12-7-5-3-2-4-6-8-13-24-30-28)27-22-20-26(21-23-27)18-14-17-25-15-10-9-11-16-25/h9-11,14-16,18,20-23,32H,2-8,12-13,17,19,24H2,1H3,(H,30,31). The fraction of sp³-hybridized carbons (Fsp3) is 0.483. The van der Waals surface area contributed by atoms with Crippen LogP contribution in [-0.2, 0) is 12.1 Å². The van der Waals surface area contributed by atoms with E-state index in [4.69, 9.17) is 4.99 Å². The summed E-state index contributed by atoms with van der Waals surface area (Å²) >= 11 is 0. The van der Waals surface area contributed by atoms with Crippen LogP contribution in [0.3, 0.4) is 0 Å². The summed E-state index contributed by atoms with van der Waals surface area (Å²) in [7, 11) is 0. The molecule has 3 rings (SSSR count). The van der Waals surface area contributed by atoms with Gasteiger partial charge in [0.15, 0.2) is 5.72 Å². The van der Waals surface area contributed by atoms with Gasteiger partial charge in [-0.2, -0.15) is 0 Å². The average Bonchev–Trinajstić information content (AvgIpc) is 2.82. The van der Waals surface area contributed by atoms with E-state index < -0.39 is 5.72 Å². The Kier molecular flexibility index (Phi) is 10.0. The fourth-order valence-electron chi connectivity index (χ4n) is 4.25. The molecule has 3 nitrogen and oxygen atoms in total. The topological polar surface area (TPSA) is 44.6 Å². The smallest absolute Gasteiger partial charge is 0.159 e. The van der Waals surface area contributed by atoms with Crippen LogP contribution >= 0.6 is 0 Å². The van der Waals surface area contributed by atoms with Crippen molar-refractivity contribution in [1.29, 1.82) is 0 Å². The Balaban J connectivity index is 1.58. The summed E-state index contributed by atoms with van der Waals surface area (Å²) in [5.41, 5.74) is 2.18. The van der Waals surface area contributed by atoms with Crippen LogP contribution in [-0.4, -0.2) is 17.5 Å². The van der Waals surface area contributed by atoms with Gasteiger partial charge in [0.05, 0.1) is 5.84 Å². The number of benzene rings is 2. The van der Waals surface area contributed by atoms with Crippen LogP contribution in [0.4, 0.5) is 0 Å². The second kappa shape index (κ2) is 13.2. The van der Waals surface area contributed by atoms with Gasteiger partial charge < -0.3 is 10.4 Å². The van der Waals surface area contributed by atoms with Crippen LogP contribution in [0.1, 0.15) is 87.8 Å². The quantitative estimate of drug-likeness (QED) is 0.499. The number of hydrogen-bond donors (Lipinski definition) is 2. The van der Waals surface area contributed by atoms with Gasteiger partial charge in [-0.15, -0.1) is 0 Å². The molecule has 1 atom stereocenters. The van der Waals surface area contributed by atoms with E-state index in [1.165, 1.54) is 50.5 Å². The lowest BCUT2D eigenvalue weighted by molar-refractivity contribution is 0.0403. The first-order chi connectivity index (χ1) is 15.6. The summed E-state index contributed by atoms with van der Waals surface area (Å²) in [6, 6.07) is 18.6. The maximum Gasteiger partial charge on any atom is 0.159 e. The van der Waals surface area contributed by atoms with Crippen molar-refractivity contribution in [3.05, 3.63) is 77.4 Å². The molecule has 0 aromatic heterocycles. The zero-order valence-corrected chi connectivity index (χ0v) is 19.7. The van der Waals surface area contributed by atoms with E-state index in [-0.39, 0.29) is 0 Å². The Bertz CT molecular complexity index is 837. The zero-order chi connectivity index (χ0) is 22.5. The maximum atomic E-state index is 11.2. The zero-order valence-electron chi connectivity index (χ0n) is 19.7. The van der Waals surface area contributed by atoms with Crippen LogP contribution in [0, 0.1) is 0 Å². The summed E-state index contributed by atoms with van der Waals surface area (Å²) < 4.78 is 0. The van der Waals surface area contributed by atoms with Crippen LogP contribution in [0.5, 0.6) is 0 Å². The van der Waals surface area contributed by atoms with Crippen LogP contribution in [0.25, 0.3) is 6.08 Å². The van der Waals surface area contributed by atoms with Crippen LogP contribution in [0.2, 0.25) is 0 Å². The first-order valence-electron chi connectivity index (χ1n) is 12.5. The Labute approximate surface area is 194 Å². The number of nitrogens with zero attached hydrogens (tertiary/aromatic N) is 1. The van der Waals surface area contributed by atoms with E-state index in [0.717, 1.165) is 49.2 Å². The van der Waals surface area contributed by atoms with Crippen molar-refractivity contribution in [2.45, 2.75) is 83.3 Å². The molecule has 0 fully saturated rings. The van der Waals surface area contributed by atoms with Crippen molar-refractivity contribution in [1.82, 2.24) is 5.32 Å². The highest BCUT2D eigenvalue weighted by Gasteiger charge is 2.24. The number of aliphatic imine (C=N–C) groups is 1. The molecule has 1 heterocycles. The largest absolute Gasteiger partial charge is 0.367 e. The van der Waals surface area contributed by atoms with Crippen molar-refractivity contribution in [3.63, 3.8) is 0 Å². The SMILES string of the molecule is CC(O)(NC1=NCCCCCCCCCCC1)c1ccc(C=CCc2ccccc2)cc1. The second-order valence-electron chi connectivity index (χ2n) is 9.17. The van der Waals surface area contributed by atoms with E-state index in [2.05, 4.69) is 53.9 Å². The molecular weight excluding hydrogens is 392 g/mol. The highest BCUT2D eigenvalue weighted by atomic mass is 16.3. The van der Waals surface area contributed by atoms with E-state index in [0.29, 0.717) is 0 Å². The van der Waals surface area contributed by atoms with Crippen molar-refractivity contribution in [2.24, 2.45) is 4.99 Å². The minimum atomic E-state index is -1.13. The van der Waals surface area contributed by atoms with E-state index in [9.17, 15) is 5.11 Å². The summed E-state index contributed by atoms with van der Waals surface area (Å²) in [6.07, 6.45) is 17.6. The highest BCUT2D eigenvalue weighted by Crippen LogP contribution is 2.20. The summed E-state index contributed by atoms with van der Waals surface area (Å²) in [5, 5.41) is 14.5. The normalized spacial score (nSPS) is 18.6. The predicted molar refractivity (Wildman–Crippen MR) is 137 cm³/mol. The van der Waals surface area contributed by atoms with Crippen LogP contribution < -0.4 is 5.32 Å². The molecule has 1 unspecified atom stereocenters. The minimum Gasteiger partial charge on any atom is -0.367 e. The lowest BCUT2D eigenvalue weighted by atomic mass is 10.0. The molecule has 0 aliphatic carbocycles. The summed E-state index contributed by atoms with van der Waals surface area (Å²) in [5.74, 6) is 0.945. The van der Waals surface area contributed by atoms with Gasteiger partial charge in [-0.25, -0.2) is 0 Å². The van der Waals surface area contributed by atoms with Gasteiger partial charge in [0.25, 0.3) is 0 Å². The van der Waals surface area contributed by atoms with Gasteiger partial charge in [0, 0.05) is 18.5 Å².